The van der Waals surface area contributed by atoms with Crippen LogP contribution in [-0.2, 0) is 14.8 Å². The molecule has 1 aliphatic carbocycles. The minimum atomic E-state index is -3.13. The van der Waals surface area contributed by atoms with E-state index in [-0.39, 0.29) is 17.7 Å². The lowest BCUT2D eigenvalue weighted by Gasteiger charge is -2.26. The third kappa shape index (κ3) is 2.08. The smallest absolute Gasteiger partial charge is 0.211 e. The Bertz CT molecular complexity index is 363. The van der Waals surface area contributed by atoms with Crippen molar-refractivity contribution in [2.45, 2.75) is 38.1 Å². The Morgan fingerprint density at radius 1 is 1.27 bits per heavy atom. The first kappa shape index (κ1) is 11.1. The van der Waals surface area contributed by atoms with E-state index in [2.05, 4.69) is 0 Å². The van der Waals surface area contributed by atoms with Crippen LogP contribution >= 0.6 is 0 Å². The Morgan fingerprint density at radius 3 is 2.53 bits per heavy atom. The second-order valence-electron chi connectivity index (χ2n) is 4.55. The molecule has 1 saturated heterocycles. The van der Waals surface area contributed by atoms with Crippen molar-refractivity contribution >= 4 is 15.8 Å². The van der Waals surface area contributed by atoms with Gasteiger partial charge < -0.3 is 0 Å². The van der Waals surface area contributed by atoms with Gasteiger partial charge >= 0.3 is 0 Å². The fraction of sp³-hybridized carbons (Fsp3) is 0.900. The lowest BCUT2D eigenvalue weighted by molar-refractivity contribution is -0.121. The van der Waals surface area contributed by atoms with Gasteiger partial charge in [-0.1, -0.05) is 0 Å². The zero-order chi connectivity index (χ0) is 11.1. The third-order valence-corrected chi connectivity index (χ3v) is 4.80. The van der Waals surface area contributed by atoms with Gasteiger partial charge in [0.25, 0.3) is 0 Å². The topological polar surface area (TPSA) is 54.5 Å². The number of hydrogen-bond acceptors (Lipinski definition) is 3. The summed E-state index contributed by atoms with van der Waals surface area (Å²) in [4.78, 5) is 11.6. The molecule has 2 aliphatic rings. The minimum absolute atomic E-state index is 0.0257. The predicted octanol–water partition coefficient (Wildman–Crippen LogP) is 0.780. The molecule has 2 unspecified atom stereocenters. The van der Waals surface area contributed by atoms with Crippen LogP contribution in [0.25, 0.3) is 0 Å². The third-order valence-electron chi connectivity index (χ3n) is 3.49. The number of hydrogen-bond donors (Lipinski definition) is 0. The Balaban J connectivity index is 2.18. The van der Waals surface area contributed by atoms with Gasteiger partial charge in [0.2, 0.25) is 10.0 Å². The van der Waals surface area contributed by atoms with Crippen molar-refractivity contribution in [3.63, 3.8) is 0 Å². The van der Waals surface area contributed by atoms with Gasteiger partial charge in [0.15, 0.2) is 0 Å². The minimum Gasteiger partial charge on any atom is -0.299 e. The molecule has 1 saturated carbocycles. The number of rotatable bonds is 2. The van der Waals surface area contributed by atoms with Crippen LogP contribution in [0.5, 0.6) is 0 Å². The maximum atomic E-state index is 11.6. The van der Waals surface area contributed by atoms with Crippen molar-refractivity contribution in [2.24, 2.45) is 5.92 Å². The first-order valence-electron chi connectivity index (χ1n) is 5.49. The Morgan fingerprint density at radius 2 is 2.00 bits per heavy atom. The molecule has 2 fully saturated rings. The zero-order valence-corrected chi connectivity index (χ0v) is 9.79. The second-order valence-corrected chi connectivity index (χ2v) is 6.48. The Labute approximate surface area is 90.7 Å². The Kier molecular flexibility index (Phi) is 2.85. The SMILES string of the molecule is CS(=O)(=O)N1CCCC1C1CCCC1=O. The van der Waals surface area contributed by atoms with E-state index in [0.717, 1.165) is 25.7 Å². The monoisotopic (exact) mass is 231 g/mol. The molecular formula is C10H17NO3S. The van der Waals surface area contributed by atoms with Crippen molar-refractivity contribution in [2.75, 3.05) is 12.8 Å². The highest BCUT2D eigenvalue weighted by molar-refractivity contribution is 7.88. The van der Waals surface area contributed by atoms with Crippen LogP contribution in [-0.4, -0.2) is 37.3 Å². The molecule has 0 aromatic heterocycles. The summed E-state index contributed by atoms with van der Waals surface area (Å²) < 4.78 is 24.6. The number of ketones is 1. The van der Waals surface area contributed by atoms with Crippen LogP contribution in [0.3, 0.4) is 0 Å². The van der Waals surface area contributed by atoms with Gasteiger partial charge in [-0.15, -0.1) is 0 Å². The number of carbonyl (C=O) groups excluding carboxylic acids is 1. The summed E-state index contributed by atoms with van der Waals surface area (Å²) in [5.41, 5.74) is 0. The molecule has 0 N–H and O–H groups in total. The van der Waals surface area contributed by atoms with Crippen LogP contribution in [0.4, 0.5) is 0 Å². The van der Waals surface area contributed by atoms with Crippen LogP contribution in [0.2, 0.25) is 0 Å². The molecule has 86 valence electrons. The molecule has 0 amide bonds. The average Bonchev–Trinajstić information content (AvgIpc) is 2.69. The molecule has 1 aliphatic heterocycles. The van der Waals surface area contributed by atoms with Gasteiger partial charge in [-0.3, -0.25) is 4.79 Å². The predicted molar refractivity (Wildman–Crippen MR) is 56.9 cm³/mol. The van der Waals surface area contributed by atoms with Gasteiger partial charge in [0.05, 0.1) is 6.26 Å². The quantitative estimate of drug-likeness (QED) is 0.705. The fourth-order valence-corrected chi connectivity index (χ4v) is 4.03. The van der Waals surface area contributed by atoms with Gasteiger partial charge in [-0.2, -0.15) is 4.31 Å². The van der Waals surface area contributed by atoms with Crippen molar-refractivity contribution in [1.29, 1.82) is 0 Å². The fourth-order valence-electron chi connectivity index (χ4n) is 2.83. The van der Waals surface area contributed by atoms with Crippen molar-refractivity contribution in [3.8, 4) is 0 Å². The van der Waals surface area contributed by atoms with Gasteiger partial charge in [-0.25, -0.2) is 8.42 Å². The van der Waals surface area contributed by atoms with Crippen molar-refractivity contribution in [1.82, 2.24) is 4.31 Å². The summed E-state index contributed by atoms with van der Waals surface area (Å²) in [6, 6.07) is -0.0463. The lowest BCUT2D eigenvalue weighted by Crippen LogP contribution is -2.40. The molecule has 0 spiro atoms. The van der Waals surface area contributed by atoms with Crippen LogP contribution < -0.4 is 0 Å². The molecule has 4 nitrogen and oxygen atoms in total. The van der Waals surface area contributed by atoms with E-state index in [9.17, 15) is 13.2 Å². The molecule has 0 bridgehead atoms. The largest absolute Gasteiger partial charge is 0.299 e. The molecule has 2 atom stereocenters. The average molecular weight is 231 g/mol. The van der Waals surface area contributed by atoms with E-state index in [1.807, 2.05) is 0 Å². The normalized spacial score (nSPS) is 33.8. The molecule has 0 aromatic rings. The molecule has 2 rings (SSSR count). The summed E-state index contributed by atoms with van der Waals surface area (Å²) in [5, 5.41) is 0. The molecule has 0 aromatic carbocycles. The Hall–Kier alpha value is -0.420. The number of nitrogens with zero attached hydrogens (tertiary/aromatic N) is 1. The summed E-state index contributed by atoms with van der Waals surface area (Å²) >= 11 is 0. The second kappa shape index (κ2) is 3.87. The zero-order valence-electron chi connectivity index (χ0n) is 8.98. The maximum absolute atomic E-state index is 11.6. The van der Waals surface area contributed by atoms with Crippen LogP contribution in [0, 0.1) is 5.92 Å². The van der Waals surface area contributed by atoms with Crippen molar-refractivity contribution < 1.29 is 13.2 Å². The van der Waals surface area contributed by atoms with E-state index in [1.165, 1.54) is 10.6 Å². The van der Waals surface area contributed by atoms with E-state index < -0.39 is 10.0 Å². The maximum Gasteiger partial charge on any atom is 0.211 e. The number of carbonyl (C=O) groups is 1. The summed E-state index contributed by atoms with van der Waals surface area (Å²) in [5.74, 6) is 0.234. The van der Waals surface area contributed by atoms with Gasteiger partial charge in [0, 0.05) is 24.9 Å². The number of sulfonamides is 1. The molecule has 15 heavy (non-hydrogen) atoms. The highest BCUT2D eigenvalue weighted by Crippen LogP contribution is 2.34. The van der Waals surface area contributed by atoms with Crippen LogP contribution in [0.15, 0.2) is 0 Å². The van der Waals surface area contributed by atoms with E-state index in [4.69, 9.17) is 0 Å². The molecule has 1 heterocycles. The first-order chi connectivity index (χ1) is 7.00. The lowest BCUT2D eigenvalue weighted by atomic mass is 9.96. The highest BCUT2D eigenvalue weighted by Gasteiger charge is 2.41. The van der Waals surface area contributed by atoms with Crippen LogP contribution in [0.1, 0.15) is 32.1 Å². The van der Waals surface area contributed by atoms with Gasteiger partial charge in [-0.05, 0) is 25.7 Å². The number of Topliss-reactive ketones (excluding diaryl/α,β-unsaturated/α-hetero) is 1. The standard InChI is InChI=1S/C10H17NO3S/c1-15(13,14)11-7-3-5-9(11)8-4-2-6-10(8)12/h8-9H,2-7H2,1H3. The van der Waals surface area contributed by atoms with E-state index >= 15 is 0 Å². The van der Waals surface area contributed by atoms with E-state index in [0.29, 0.717) is 13.0 Å². The highest BCUT2D eigenvalue weighted by atomic mass is 32.2. The molecule has 5 heteroatoms. The van der Waals surface area contributed by atoms with Gasteiger partial charge in [0.1, 0.15) is 5.78 Å². The summed E-state index contributed by atoms with van der Waals surface area (Å²) in [6.07, 6.45) is 5.42. The first-order valence-corrected chi connectivity index (χ1v) is 7.34. The molecular weight excluding hydrogens is 214 g/mol. The van der Waals surface area contributed by atoms with E-state index in [1.54, 1.807) is 0 Å². The summed E-state index contributed by atoms with van der Waals surface area (Å²) in [7, 11) is -3.13. The molecule has 0 radical (unpaired) electrons. The summed E-state index contributed by atoms with van der Waals surface area (Å²) in [6.45, 7) is 0.591. The van der Waals surface area contributed by atoms with Crippen molar-refractivity contribution in [3.05, 3.63) is 0 Å².